The third-order valence-corrected chi connectivity index (χ3v) is 3.77. The molecular weight excluding hydrogens is 238 g/mol. The van der Waals surface area contributed by atoms with Crippen LogP contribution in [0.2, 0.25) is 0 Å². The van der Waals surface area contributed by atoms with E-state index in [1.165, 1.54) is 16.8 Å². The molecule has 2 rings (SSSR count). The fourth-order valence-corrected chi connectivity index (χ4v) is 2.71. The van der Waals surface area contributed by atoms with E-state index >= 15 is 0 Å². The Kier molecular flexibility index (Phi) is 4.43. The number of nitrogens with zero attached hydrogens (tertiary/aromatic N) is 1. The highest BCUT2D eigenvalue weighted by atomic mass is 16.1. The molecule has 0 radical (unpaired) electrons. The summed E-state index contributed by atoms with van der Waals surface area (Å²) in [5.41, 5.74) is 4.06. The first kappa shape index (κ1) is 13.9. The van der Waals surface area contributed by atoms with Gasteiger partial charge in [-0.25, -0.2) is 0 Å². The molecule has 4 nitrogen and oxygen atoms in total. The first-order valence-corrected chi connectivity index (χ1v) is 6.87. The first-order valence-electron chi connectivity index (χ1n) is 6.87. The van der Waals surface area contributed by atoms with Crippen molar-refractivity contribution in [3.8, 4) is 0 Å². The second-order valence-electron chi connectivity index (χ2n) is 5.24. The standard InChI is InChI=1S/C15H23N3O/c1-11(15(19)16-2)10-18(3)14-6-4-5-12-9-17-8-7-13(12)14/h4-6,11,17H,7-10H2,1-3H3,(H,16,19). The van der Waals surface area contributed by atoms with Crippen LogP contribution in [0.25, 0.3) is 0 Å². The summed E-state index contributed by atoms with van der Waals surface area (Å²) in [4.78, 5) is 13.8. The van der Waals surface area contributed by atoms with Crippen LogP contribution in [0.15, 0.2) is 18.2 Å². The minimum absolute atomic E-state index is 0.00688. The number of hydrogen-bond acceptors (Lipinski definition) is 3. The van der Waals surface area contributed by atoms with E-state index in [0.29, 0.717) is 0 Å². The molecule has 4 heteroatoms. The molecule has 1 unspecified atom stereocenters. The molecular formula is C15H23N3O. The highest BCUT2D eigenvalue weighted by Gasteiger charge is 2.18. The molecule has 2 N–H and O–H groups in total. The number of anilines is 1. The van der Waals surface area contributed by atoms with Crippen molar-refractivity contribution in [2.45, 2.75) is 19.9 Å². The first-order chi connectivity index (χ1) is 9.13. The number of carbonyl (C=O) groups is 1. The zero-order chi connectivity index (χ0) is 13.8. The van der Waals surface area contributed by atoms with Crippen LogP contribution in [0.4, 0.5) is 5.69 Å². The van der Waals surface area contributed by atoms with E-state index in [2.05, 4.69) is 40.8 Å². The molecule has 0 fully saturated rings. The van der Waals surface area contributed by atoms with Gasteiger partial charge in [0.1, 0.15) is 0 Å². The van der Waals surface area contributed by atoms with Crippen molar-refractivity contribution in [2.24, 2.45) is 5.92 Å². The Morgan fingerprint density at radius 1 is 1.53 bits per heavy atom. The van der Waals surface area contributed by atoms with Gasteiger partial charge >= 0.3 is 0 Å². The molecule has 1 amide bonds. The zero-order valence-electron chi connectivity index (χ0n) is 12.0. The van der Waals surface area contributed by atoms with Crippen molar-refractivity contribution in [2.75, 3.05) is 32.1 Å². The molecule has 1 heterocycles. The van der Waals surface area contributed by atoms with Crippen molar-refractivity contribution in [1.82, 2.24) is 10.6 Å². The number of hydrogen-bond donors (Lipinski definition) is 2. The van der Waals surface area contributed by atoms with Crippen LogP contribution in [0.5, 0.6) is 0 Å². The monoisotopic (exact) mass is 261 g/mol. The van der Waals surface area contributed by atoms with E-state index in [0.717, 1.165) is 26.1 Å². The second-order valence-corrected chi connectivity index (χ2v) is 5.24. The Labute approximate surface area is 115 Å². The van der Waals surface area contributed by atoms with Crippen LogP contribution >= 0.6 is 0 Å². The van der Waals surface area contributed by atoms with Gasteiger partial charge in [0.05, 0.1) is 5.92 Å². The minimum Gasteiger partial charge on any atom is -0.374 e. The lowest BCUT2D eigenvalue weighted by molar-refractivity contribution is -0.123. The zero-order valence-corrected chi connectivity index (χ0v) is 12.0. The van der Waals surface area contributed by atoms with Crippen LogP contribution in [-0.4, -0.2) is 33.1 Å². The SMILES string of the molecule is CNC(=O)C(C)CN(C)c1cccc2c1CCNC2. The molecule has 0 bridgehead atoms. The van der Waals surface area contributed by atoms with E-state index in [1.807, 2.05) is 6.92 Å². The van der Waals surface area contributed by atoms with Crippen molar-refractivity contribution < 1.29 is 4.79 Å². The Bertz CT molecular complexity index is 459. The summed E-state index contributed by atoms with van der Waals surface area (Å²) in [5.74, 6) is 0.0888. The number of carbonyl (C=O) groups excluding carboxylic acids is 1. The number of benzene rings is 1. The van der Waals surface area contributed by atoms with Gasteiger partial charge in [0.2, 0.25) is 5.91 Å². The average Bonchev–Trinajstić information content (AvgIpc) is 2.45. The summed E-state index contributed by atoms with van der Waals surface area (Å²) in [6.07, 6.45) is 1.06. The molecule has 1 atom stereocenters. The molecule has 1 aromatic carbocycles. The summed E-state index contributed by atoms with van der Waals surface area (Å²) in [6, 6.07) is 6.43. The highest BCUT2D eigenvalue weighted by Crippen LogP contribution is 2.26. The summed E-state index contributed by atoms with van der Waals surface area (Å²) in [6.45, 7) is 4.68. The summed E-state index contributed by atoms with van der Waals surface area (Å²) < 4.78 is 0. The van der Waals surface area contributed by atoms with Crippen LogP contribution in [0.1, 0.15) is 18.1 Å². The van der Waals surface area contributed by atoms with Gasteiger partial charge in [0.25, 0.3) is 0 Å². The lowest BCUT2D eigenvalue weighted by Crippen LogP contribution is -2.35. The molecule has 0 spiro atoms. The van der Waals surface area contributed by atoms with Gasteiger partial charge in [0.15, 0.2) is 0 Å². The van der Waals surface area contributed by atoms with Gasteiger partial charge in [-0.15, -0.1) is 0 Å². The normalized spacial score (nSPS) is 15.5. The molecule has 1 aliphatic rings. The molecule has 1 aromatic rings. The quantitative estimate of drug-likeness (QED) is 0.854. The minimum atomic E-state index is -0.00688. The van der Waals surface area contributed by atoms with Crippen molar-refractivity contribution in [3.05, 3.63) is 29.3 Å². The molecule has 0 aromatic heterocycles. The van der Waals surface area contributed by atoms with Gasteiger partial charge in [-0.2, -0.15) is 0 Å². The van der Waals surface area contributed by atoms with E-state index in [-0.39, 0.29) is 11.8 Å². The van der Waals surface area contributed by atoms with Gasteiger partial charge in [-0.1, -0.05) is 19.1 Å². The van der Waals surface area contributed by atoms with Crippen LogP contribution in [0, 0.1) is 5.92 Å². The van der Waals surface area contributed by atoms with Crippen LogP contribution in [0.3, 0.4) is 0 Å². The smallest absolute Gasteiger partial charge is 0.224 e. The Morgan fingerprint density at radius 3 is 3.05 bits per heavy atom. The third-order valence-electron chi connectivity index (χ3n) is 3.77. The average molecular weight is 261 g/mol. The number of rotatable bonds is 4. The maximum Gasteiger partial charge on any atom is 0.224 e. The molecule has 19 heavy (non-hydrogen) atoms. The number of amides is 1. The largest absolute Gasteiger partial charge is 0.374 e. The third kappa shape index (κ3) is 3.07. The molecule has 104 valence electrons. The van der Waals surface area contributed by atoms with E-state index < -0.39 is 0 Å². The Balaban J connectivity index is 2.15. The predicted molar refractivity (Wildman–Crippen MR) is 78.4 cm³/mol. The summed E-state index contributed by atoms with van der Waals surface area (Å²) >= 11 is 0. The van der Waals surface area contributed by atoms with E-state index in [1.54, 1.807) is 7.05 Å². The van der Waals surface area contributed by atoms with Gasteiger partial charge in [-0.3, -0.25) is 4.79 Å². The van der Waals surface area contributed by atoms with Crippen molar-refractivity contribution >= 4 is 11.6 Å². The maximum absolute atomic E-state index is 11.6. The van der Waals surface area contributed by atoms with Gasteiger partial charge in [0, 0.05) is 32.9 Å². The lowest BCUT2D eigenvalue weighted by atomic mass is 9.98. The van der Waals surface area contributed by atoms with E-state index in [4.69, 9.17) is 0 Å². The fourth-order valence-electron chi connectivity index (χ4n) is 2.71. The predicted octanol–water partition coefficient (Wildman–Crippen LogP) is 1.15. The van der Waals surface area contributed by atoms with Crippen molar-refractivity contribution in [3.63, 3.8) is 0 Å². The fraction of sp³-hybridized carbons (Fsp3) is 0.533. The second kappa shape index (κ2) is 6.06. The summed E-state index contributed by atoms with van der Waals surface area (Å²) in [7, 11) is 3.76. The van der Waals surface area contributed by atoms with Crippen LogP contribution < -0.4 is 15.5 Å². The highest BCUT2D eigenvalue weighted by molar-refractivity contribution is 5.78. The van der Waals surface area contributed by atoms with Crippen molar-refractivity contribution in [1.29, 1.82) is 0 Å². The summed E-state index contributed by atoms with van der Waals surface area (Å²) in [5, 5.41) is 6.10. The lowest BCUT2D eigenvalue weighted by Gasteiger charge is -2.28. The Morgan fingerprint density at radius 2 is 2.32 bits per heavy atom. The van der Waals surface area contributed by atoms with Gasteiger partial charge in [-0.05, 0) is 30.2 Å². The van der Waals surface area contributed by atoms with E-state index in [9.17, 15) is 4.79 Å². The molecule has 0 saturated carbocycles. The maximum atomic E-state index is 11.6. The number of fused-ring (bicyclic) bond motifs is 1. The molecule has 1 aliphatic heterocycles. The molecule has 0 saturated heterocycles. The topological polar surface area (TPSA) is 44.4 Å². The Hall–Kier alpha value is -1.55. The molecule has 0 aliphatic carbocycles. The van der Waals surface area contributed by atoms with Crippen LogP contribution in [-0.2, 0) is 17.8 Å². The van der Waals surface area contributed by atoms with Gasteiger partial charge < -0.3 is 15.5 Å². The number of nitrogens with one attached hydrogen (secondary N) is 2.